The van der Waals surface area contributed by atoms with E-state index >= 15 is 0 Å². The van der Waals surface area contributed by atoms with Crippen molar-refractivity contribution in [1.29, 1.82) is 0 Å². The van der Waals surface area contributed by atoms with E-state index in [1.54, 1.807) is 0 Å². The fourth-order valence-electron chi connectivity index (χ4n) is 5.99. The molecule has 0 bridgehead atoms. The van der Waals surface area contributed by atoms with Gasteiger partial charge in [-0.1, -0.05) is 50.1 Å². The number of carbonyl (C=O) groups excluding carboxylic acids is 4. The summed E-state index contributed by atoms with van der Waals surface area (Å²) in [6.45, 7) is 0. The first kappa shape index (κ1) is 20.4. The zero-order valence-corrected chi connectivity index (χ0v) is 19.2. The minimum Gasteiger partial charge on any atom is -0.271 e. The average molecular weight is 471 g/mol. The van der Waals surface area contributed by atoms with Crippen LogP contribution in [0.25, 0.3) is 10.8 Å². The summed E-state index contributed by atoms with van der Waals surface area (Å²) in [5.41, 5.74) is 0.600. The van der Waals surface area contributed by atoms with Crippen molar-refractivity contribution in [3.63, 3.8) is 0 Å². The Kier molecular flexibility index (Phi) is 4.70. The van der Waals surface area contributed by atoms with Crippen LogP contribution in [-0.4, -0.2) is 45.5 Å². The first-order valence-corrected chi connectivity index (χ1v) is 12.7. The molecule has 2 saturated carbocycles. The number of hydrogen-bond donors (Lipinski definition) is 0. The van der Waals surface area contributed by atoms with Crippen LogP contribution in [-0.2, 0) is 0 Å². The van der Waals surface area contributed by atoms with Gasteiger partial charge in [0, 0.05) is 22.9 Å². The van der Waals surface area contributed by atoms with Crippen molar-refractivity contribution in [2.75, 3.05) is 0 Å². The van der Waals surface area contributed by atoms with Crippen molar-refractivity contribution in [2.45, 2.75) is 76.3 Å². The maximum Gasteiger partial charge on any atom is 0.271 e. The monoisotopic (exact) mass is 470 g/mol. The summed E-state index contributed by atoms with van der Waals surface area (Å²) in [6, 6.07) is 1.27. The number of amides is 4. The highest BCUT2D eigenvalue weighted by molar-refractivity contribution is 7.18. The molecule has 4 aliphatic rings. The molecule has 4 amide bonds. The maximum absolute atomic E-state index is 13.5. The second-order valence-electron chi connectivity index (χ2n) is 9.34. The van der Waals surface area contributed by atoms with Crippen LogP contribution >= 0.6 is 22.9 Å². The van der Waals surface area contributed by atoms with Crippen LogP contribution in [0, 0.1) is 0 Å². The molecule has 2 fully saturated rings. The van der Waals surface area contributed by atoms with E-state index < -0.39 is 5.91 Å². The SMILES string of the molecule is O=C1c2cc(Cl)c3c4c(sc(c24)C(=O)N1C1CCCCC1)C(=O)N(C1CCCCC1)C3=O. The Morgan fingerprint density at radius 2 is 1.19 bits per heavy atom. The van der Waals surface area contributed by atoms with E-state index in [1.165, 1.54) is 15.9 Å². The second kappa shape index (κ2) is 7.39. The Morgan fingerprint density at radius 3 is 1.75 bits per heavy atom. The quantitative estimate of drug-likeness (QED) is 0.550. The molecule has 0 N–H and O–H groups in total. The largest absolute Gasteiger partial charge is 0.271 e. The van der Waals surface area contributed by atoms with Gasteiger partial charge in [-0.05, 0) is 31.7 Å². The van der Waals surface area contributed by atoms with Crippen LogP contribution < -0.4 is 0 Å². The molecule has 0 atom stereocenters. The van der Waals surface area contributed by atoms with Gasteiger partial charge in [-0.25, -0.2) is 0 Å². The Balaban J connectivity index is 1.53. The van der Waals surface area contributed by atoms with Gasteiger partial charge in [-0.15, -0.1) is 11.3 Å². The lowest BCUT2D eigenvalue weighted by Gasteiger charge is -2.36. The molecule has 166 valence electrons. The Morgan fingerprint density at radius 1 is 0.688 bits per heavy atom. The van der Waals surface area contributed by atoms with Gasteiger partial charge in [-0.3, -0.25) is 29.0 Å². The molecule has 0 unspecified atom stereocenters. The molecule has 32 heavy (non-hydrogen) atoms. The summed E-state index contributed by atoms with van der Waals surface area (Å²) < 4.78 is 0. The van der Waals surface area contributed by atoms with E-state index in [2.05, 4.69) is 0 Å². The molecule has 3 heterocycles. The number of halogens is 1. The Hall–Kier alpha value is -2.25. The lowest BCUT2D eigenvalue weighted by atomic mass is 9.88. The van der Waals surface area contributed by atoms with Crippen LogP contribution in [0.1, 0.15) is 104 Å². The number of nitrogens with zero attached hydrogens (tertiary/aromatic N) is 2. The Bertz CT molecular complexity index is 1210. The molecule has 0 radical (unpaired) electrons. The standard InChI is InChI=1S/C24H23ClN2O4S/c25-15-11-14-16-18-17(15)22(29)27(13-9-5-2-6-10-13)24(31)20(18)32-19(16)23(30)26(21(14)28)12-7-3-1-4-8-12/h11-13H,1-10H2. The van der Waals surface area contributed by atoms with E-state index in [4.69, 9.17) is 11.6 Å². The number of rotatable bonds is 2. The van der Waals surface area contributed by atoms with Crippen LogP contribution in [0.3, 0.4) is 0 Å². The number of imide groups is 2. The van der Waals surface area contributed by atoms with Crippen molar-refractivity contribution in [3.8, 4) is 0 Å². The lowest BCUT2D eigenvalue weighted by Crippen LogP contribution is -2.48. The predicted molar refractivity (Wildman–Crippen MR) is 122 cm³/mol. The van der Waals surface area contributed by atoms with E-state index in [1.807, 2.05) is 0 Å². The minimum absolute atomic E-state index is 0.128. The molecule has 1 aromatic heterocycles. The number of carbonyl (C=O) groups is 4. The van der Waals surface area contributed by atoms with Crippen molar-refractivity contribution in [1.82, 2.24) is 9.80 Å². The third-order valence-electron chi connectivity index (χ3n) is 7.53. The Labute approximate surface area is 194 Å². The van der Waals surface area contributed by atoms with Crippen LogP contribution in [0.4, 0.5) is 0 Å². The average Bonchev–Trinajstić information content (AvgIpc) is 3.20. The highest BCUT2D eigenvalue weighted by Crippen LogP contribution is 2.47. The molecule has 1 aromatic carbocycles. The number of thiophene rings is 1. The summed E-state index contributed by atoms with van der Waals surface area (Å²) in [5, 5.41) is 1.03. The predicted octanol–water partition coefficient (Wildman–Crippen LogP) is 5.41. The van der Waals surface area contributed by atoms with Gasteiger partial charge in [0.05, 0.1) is 16.1 Å². The third-order valence-corrected chi connectivity index (χ3v) is 8.99. The fourth-order valence-corrected chi connectivity index (χ4v) is 7.47. The molecule has 6 rings (SSSR count). The molecular formula is C24H23ClN2O4S. The lowest BCUT2D eigenvalue weighted by molar-refractivity contribution is 0.0488. The summed E-state index contributed by atoms with van der Waals surface area (Å²) in [5.74, 6) is -1.45. The van der Waals surface area contributed by atoms with E-state index in [-0.39, 0.29) is 40.4 Å². The van der Waals surface area contributed by atoms with E-state index in [0.29, 0.717) is 26.1 Å². The topological polar surface area (TPSA) is 74.8 Å². The molecule has 6 nitrogen and oxygen atoms in total. The van der Waals surface area contributed by atoms with Crippen molar-refractivity contribution < 1.29 is 19.2 Å². The number of benzene rings is 1. The molecule has 2 aliphatic carbocycles. The van der Waals surface area contributed by atoms with E-state index in [0.717, 1.165) is 75.5 Å². The molecular weight excluding hydrogens is 448 g/mol. The second-order valence-corrected chi connectivity index (χ2v) is 10.8. The highest BCUT2D eigenvalue weighted by atomic mass is 35.5. The molecule has 0 spiro atoms. The van der Waals surface area contributed by atoms with Crippen LogP contribution in [0.15, 0.2) is 6.07 Å². The van der Waals surface area contributed by atoms with E-state index in [9.17, 15) is 19.2 Å². The molecule has 0 saturated heterocycles. The molecule has 2 aromatic rings. The first-order chi connectivity index (χ1) is 15.5. The van der Waals surface area contributed by atoms with Crippen LogP contribution in [0.2, 0.25) is 5.02 Å². The van der Waals surface area contributed by atoms with Crippen LogP contribution in [0.5, 0.6) is 0 Å². The zero-order valence-electron chi connectivity index (χ0n) is 17.6. The van der Waals surface area contributed by atoms with Gasteiger partial charge in [0.25, 0.3) is 23.6 Å². The van der Waals surface area contributed by atoms with Gasteiger partial charge in [0.1, 0.15) is 9.75 Å². The normalized spacial score (nSPS) is 22.4. The van der Waals surface area contributed by atoms with Crippen molar-refractivity contribution >= 4 is 57.3 Å². The third kappa shape index (κ3) is 2.70. The van der Waals surface area contributed by atoms with Gasteiger partial charge in [0.2, 0.25) is 0 Å². The van der Waals surface area contributed by atoms with Crippen molar-refractivity contribution in [2.24, 2.45) is 0 Å². The van der Waals surface area contributed by atoms with Gasteiger partial charge in [0.15, 0.2) is 0 Å². The molecule has 8 heteroatoms. The smallest absolute Gasteiger partial charge is 0.271 e. The fraction of sp³-hybridized carbons (Fsp3) is 0.500. The summed E-state index contributed by atoms with van der Waals surface area (Å²) in [6.07, 6.45) is 9.33. The maximum atomic E-state index is 13.5. The van der Waals surface area contributed by atoms with Crippen molar-refractivity contribution in [3.05, 3.63) is 32.0 Å². The van der Waals surface area contributed by atoms with Gasteiger partial charge < -0.3 is 0 Å². The first-order valence-electron chi connectivity index (χ1n) is 11.5. The van der Waals surface area contributed by atoms with Gasteiger partial charge in [-0.2, -0.15) is 0 Å². The molecule has 2 aliphatic heterocycles. The number of hydrogen-bond acceptors (Lipinski definition) is 5. The minimum atomic E-state index is -0.398. The zero-order chi connectivity index (χ0) is 22.1. The highest BCUT2D eigenvalue weighted by Gasteiger charge is 2.46. The summed E-state index contributed by atoms with van der Waals surface area (Å²) in [7, 11) is 0. The summed E-state index contributed by atoms with van der Waals surface area (Å²) >= 11 is 7.72. The van der Waals surface area contributed by atoms with Gasteiger partial charge >= 0.3 is 0 Å². The summed E-state index contributed by atoms with van der Waals surface area (Å²) in [4.78, 5) is 57.4.